The van der Waals surface area contributed by atoms with Gasteiger partial charge in [0, 0.05) is 18.1 Å². The summed E-state index contributed by atoms with van der Waals surface area (Å²) in [5, 5.41) is 11.8. The Hall–Kier alpha value is -3.04. The molecular formula is C17H15FN4O3S. The zero-order chi connectivity index (χ0) is 18.7. The number of nitrogens with zero attached hydrogens (tertiary/aromatic N) is 2. The first-order chi connectivity index (χ1) is 12.3. The van der Waals surface area contributed by atoms with Crippen LogP contribution in [0.3, 0.4) is 0 Å². The van der Waals surface area contributed by atoms with E-state index in [0.29, 0.717) is 0 Å². The third-order valence-electron chi connectivity index (χ3n) is 3.61. The number of hydrogen-bond donors (Lipinski definition) is 2. The molecule has 0 fully saturated rings. The third kappa shape index (κ3) is 3.95. The van der Waals surface area contributed by atoms with Gasteiger partial charge in [-0.25, -0.2) is 22.6 Å². The minimum atomic E-state index is -4.06. The van der Waals surface area contributed by atoms with Gasteiger partial charge in [0.25, 0.3) is 0 Å². The van der Waals surface area contributed by atoms with Gasteiger partial charge in [0.1, 0.15) is 10.7 Å². The summed E-state index contributed by atoms with van der Waals surface area (Å²) in [6.45, 7) is 0. The molecule has 0 saturated carbocycles. The van der Waals surface area contributed by atoms with E-state index < -0.39 is 21.7 Å². The third-order valence-corrected chi connectivity index (χ3v) is 4.55. The number of primary sulfonamides is 1. The molecule has 0 radical (unpaired) electrons. The normalized spacial score (nSPS) is 11.3. The number of rotatable bonds is 5. The lowest BCUT2D eigenvalue weighted by Crippen LogP contribution is -2.18. The molecular weight excluding hydrogens is 359 g/mol. The second kappa shape index (κ2) is 7.06. The van der Waals surface area contributed by atoms with E-state index in [1.54, 1.807) is 18.3 Å². The Bertz CT molecular complexity index is 1050. The average Bonchev–Trinajstić information content (AvgIpc) is 3.10. The highest BCUT2D eigenvalue weighted by Gasteiger charge is 2.17. The van der Waals surface area contributed by atoms with Crippen molar-refractivity contribution in [3.8, 4) is 5.69 Å². The molecule has 0 unspecified atom stereocenters. The summed E-state index contributed by atoms with van der Waals surface area (Å²) >= 11 is 0. The molecule has 3 N–H and O–H groups in total. The van der Waals surface area contributed by atoms with Crippen LogP contribution < -0.4 is 10.5 Å². The average molecular weight is 374 g/mol. The van der Waals surface area contributed by atoms with Crippen LogP contribution in [0.25, 0.3) is 5.69 Å². The van der Waals surface area contributed by atoms with E-state index in [2.05, 4.69) is 10.4 Å². The fourth-order valence-electron chi connectivity index (χ4n) is 2.44. The molecule has 0 atom stereocenters. The summed E-state index contributed by atoms with van der Waals surface area (Å²) < 4.78 is 38.8. The van der Waals surface area contributed by atoms with Crippen molar-refractivity contribution >= 4 is 21.6 Å². The molecule has 3 rings (SSSR count). The quantitative estimate of drug-likeness (QED) is 0.710. The molecule has 0 aliphatic carbocycles. The van der Waals surface area contributed by atoms with Crippen LogP contribution in [0.1, 0.15) is 5.56 Å². The Morgan fingerprint density at radius 2 is 1.96 bits per heavy atom. The number of anilines is 1. The van der Waals surface area contributed by atoms with Gasteiger partial charge in [0.05, 0.1) is 12.1 Å². The molecule has 0 saturated heterocycles. The Kier molecular flexibility index (Phi) is 4.83. The van der Waals surface area contributed by atoms with Crippen LogP contribution >= 0.6 is 0 Å². The molecule has 0 bridgehead atoms. The lowest BCUT2D eigenvalue weighted by Gasteiger charge is -2.11. The summed E-state index contributed by atoms with van der Waals surface area (Å²) in [5.74, 6) is -0.968. The second-order valence-corrected chi connectivity index (χ2v) is 7.02. The van der Waals surface area contributed by atoms with Gasteiger partial charge in [-0.05, 0) is 35.9 Å². The monoisotopic (exact) mass is 374 g/mol. The van der Waals surface area contributed by atoms with Gasteiger partial charge in [-0.15, -0.1) is 0 Å². The summed E-state index contributed by atoms with van der Waals surface area (Å²) in [7, 11) is -4.06. The minimum absolute atomic E-state index is 0.182. The lowest BCUT2D eigenvalue weighted by atomic mass is 10.1. The molecule has 3 aromatic rings. The fourth-order valence-corrected chi connectivity index (χ4v) is 3.18. The number of nitrogens with two attached hydrogens (primary N) is 1. The van der Waals surface area contributed by atoms with Crippen LogP contribution in [0.4, 0.5) is 10.1 Å². The number of sulfonamides is 1. The maximum Gasteiger partial charge on any atom is 0.240 e. The van der Waals surface area contributed by atoms with Crippen LogP contribution in [-0.4, -0.2) is 24.1 Å². The van der Waals surface area contributed by atoms with Crippen molar-refractivity contribution in [1.82, 2.24) is 9.78 Å². The Morgan fingerprint density at radius 3 is 2.62 bits per heavy atom. The van der Waals surface area contributed by atoms with Gasteiger partial charge in [0.2, 0.25) is 15.9 Å². The van der Waals surface area contributed by atoms with Crippen molar-refractivity contribution in [3.63, 3.8) is 0 Å². The molecule has 0 aliphatic rings. The standard InChI is InChI=1S/C17H15FN4O3S/c18-14-5-2-1-4-12(14)10-17(23)21-13-6-7-15(22-9-3-8-20-22)16(11-13)26(19,24)25/h1-9,11H,10H2,(H,21,23)(H2,19,24,25). The molecule has 0 aliphatic heterocycles. The smallest absolute Gasteiger partial charge is 0.240 e. The summed E-state index contributed by atoms with van der Waals surface area (Å²) in [4.78, 5) is 11.9. The number of nitrogens with one attached hydrogen (secondary N) is 1. The van der Waals surface area contributed by atoms with E-state index in [1.807, 2.05) is 0 Å². The van der Waals surface area contributed by atoms with Gasteiger partial charge in [-0.1, -0.05) is 18.2 Å². The molecule has 26 heavy (non-hydrogen) atoms. The van der Waals surface area contributed by atoms with Crippen LogP contribution in [0, 0.1) is 5.82 Å². The Balaban J connectivity index is 1.87. The van der Waals surface area contributed by atoms with Gasteiger partial charge in [-0.3, -0.25) is 4.79 Å². The van der Waals surface area contributed by atoms with Crippen LogP contribution in [0.15, 0.2) is 65.8 Å². The van der Waals surface area contributed by atoms with E-state index >= 15 is 0 Å². The van der Waals surface area contributed by atoms with E-state index in [4.69, 9.17) is 5.14 Å². The summed E-state index contributed by atoms with van der Waals surface area (Å²) in [5.41, 5.74) is 0.723. The SMILES string of the molecule is NS(=O)(=O)c1cc(NC(=O)Cc2ccccc2F)ccc1-n1cccn1. The zero-order valence-electron chi connectivity index (χ0n) is 13.5. The maximum absolute atomic E-state index is 13.6. The van der Waals surface area contributed by atoms with Crippen LogP contribution in [-0.2, 0) is 21.2 Å². The number of carbonyl (C=O) groups excluding carboxylic acids is 1. The van der Waals surface area contributed by atoms with Crippen molar-refractivity contribution in [2.24, 2.45) is 5.14 Å². The van der Waals surface area contributed by atoms with Crippen LogP contribution in [0.2, 0.25) is 0 Å². The van der Waals surface area contributed by atoms with Crippen molar-refractivity contribution in [2.45, 2.75) is 11.3 Å². The van der Waals surface area contributed by atoms with Crippen LogP contribution in [0.5, 0.6) is 0 Å². The molecule has 7 nitrogen and oxygen atoms in total. The van der Waals surface area contributed by atoms with Gasteiger partial charge in [0.15, 0.2) is 0 Å². The molecule has 2 aromatic carbocycles. The number of carbonyl (C=O) groups is 1. The molecule has 134 valence electrons. The first-order valence-electron chi connectivity index (χ1n) is 7.55. The molecule has 0 spiro atoms. The van der Waals surface area contributed by atoms with E-state index in [9.17, 15) is 17.6 Å². The summed E-state index contributed by atoms with van der Waals surface area (Å²) in [6, 6.07) is 11.8. The number of benzene rings is 2. The maximum atomic E-state index is 13.6. The predicted octanol–water partition coefficient (Wildman–Crippen LogP) is 1.84. The highest BCUT2D eigenvalue weighted by molar-refractivity contribution is 7.89. The van der Waals surface area contributed by atoms with Gasteiger partial charge < -0.3 is 5.32 Å². The number of aromatic nitrogens is 2. The number of halogens is 1. The molecule has 1 amide bonds. The second-order valence-electron chi connectivity index (χ2n) is 5.49. The molecule has 9 heteroatoms. The fraction of sp³-hybridized carbons (Fsp3) is 0.0588. The van der Waals surface area contributed by atoms with Gasteiger partial charge >= 0.3 is 0 Å². The highest BCUT2D eigenvalue weighted by atomic mass is 32.2. The topological polar surface area (TPSA) is 107 Å². The Morgan fingerprint density at radius 1 is 1.19 bits per heavy atom. The van der Waals surface area contributed by atoms with Crippen molar-refractivity contribution < 1.29 is 17.6 Å². The minimum Gasteiger partial charge on any atom is -0.326 e. The van der Waals surface area contributed by atoms with Crippen molar-refractivity contribution in [1.29, 1.82) is 0 Å². The van der Waals surface area contributed by atoms with E-state index in [-0.39, 0.29) is 28.3 Å². The largest absolute Gasteiger partial charge is 0.326 e. The predicted molar refractivity (Wildman–Crippen MR) is 93.7 cm³/mol. The Labute approximate surface area is 149 Å². The lowest BCUT2D eigenvalue weighted by molar-refractivity contribution is -0.115. The summed E-state index contributed by atoms with van der Waals surface area (Å²) in [6.07, 6.45) is 2.88. The van der Waals surface area contributed by atoms with E-state index in [1.165, 1.54) is 47.3 Å². The molecule has 1 aromatic heterocycles. The number of amides is 1. The number of hydrogen-bond acceptors (Lipinski definition) is 4. The zero-order valence-corrected chi connectivity index (χ0v) is 14.3. The first kappa shape index (κ1) is 17.8. The highest BCUT2D eigenvalue weighted by Crippen LogP contribution is 2.23. The van der Waals surface area contributed by atoms with Gasteiger partial charge in [-0.2, -0.15) is 5.10 Å². The first-order valence-corrected chi connectivity index (χ1v) is 9.09. The van der Waals surface area contributed by atoms with Crippen molar-refractivity contribution in [3.05, 3.63) is 72.3 Å². The van der Waals surface area contributed by atoms with E-state index in [0.717, 1.165) is 0 Å². The van der Waals surface area contributed by atoms with Crippen molar-refractivity contribution in [2.75, 3.05) is 5.32 Å². The molecule has 1 heterocycles.